The number of piperazine rings is 1. The number of nitrogens with zero attached hydrogens (tertiary/aromatic N) is 4. The summed E-state index contributed by atoms with van der Waals surface area (Å²) < 4.78 is 46.9. The van der Waals surface area contributed by atoms with Gasteiger partial charge < -0.3 is 35.1 Å². The number of nitrogens with one attached hydrogen (secondary N) is 2. The summed E-state index contributed by atoms with van der Waals surface area (Å²) in [6.45, 7) is 5.96. The molecule has 1 saturated heterocycles. The largest absolute Gasteiger partial charge is 0.573 e. The molecule has 0 atom stereocenters. The number of carbonyl (C=O) groups is 2. The molecule has 3 aromatic carbocycles. The zero-order chi connectivity index (χ0) is 35.7. The molecule has 0 radical (unpaired) electrons. The maximum Gasteiger partial charge on any atom is 0.573 e. The van der Waals surface area contributed by atoms with Crippen LogP contribution in [-0.2, 0) is 4.74 Å². The summed E-state index contributed by atoms with van der Waals surface area (Å²) in [6.07, 6.45) is -3.41. The standard InChI is InChI=1S/C34H36BF3N6O6/c1-23-5-6-25(20-29(23)35(47)48)32(45)39-11-17-49-18-16-43-12-14-44(15-13-43)33(46)26-4-2-3-24(19-26)30-21-31(41-22-40-30)42-27-7-9-28(10-8-27)50-34(36,37)38/h2-10,19-22,47-48H,11-18H2,1H3,(H,39,45)(H,40,41,42). The maximum absolute atomic E-state index is 13.4. The van der Waals surface area contributed by atoms with Crippen LogP contribution < -0.4 is 20.8 Å². The molecule has 2 heterocycles. The number of hydrogen-bond acceptors (Lipinski definition) is 10. The number of amides is 2. The molecular weight excluding hydrogens is 656 g/mol. The van der Waals surface area contributed by atoms with Gasteiger partial charge in [0.2, 0.25) is 0 Å². The van der Waals surface area contributed by atoms with Gasteiger partial charge in [-0.15, -0.1) is 13.2 Å². The topological polar surface area (TPSA) is 149 Å². The lowest BCUT2D eigenvalue weighted by molar-refractivity contribution is -0.274. The number of benzene rings is 3. The van der Waals surface area contributed by atoms with E-state index in [2.05, 4.69) is 30.2 Å². The molecule has 4 N–H and O–H groups in total. The minimum absolute atomic E-state index is 0.0961. The second kappa shape index (κ2) is 16.6. The summed E-state index contributed by atoms with van der Waals surface area (Å²) in [5.74, 6) is -0.338. The van der Waals surface area contributed by atoms with Crippen molar-refractivity contribution in [3.05, 3.63) is 95.8 Å². The Kier molecular flexibility index (Phi) is 12.0. The van der Waals surface area contributed by atoms with Crippen LogP contribution in [0.15, 0.2) is 79.1 Å². The van der Waals surface area contributed by atoms with Gasteiger partial charge in [0.25, 0.3) is 11.8 Å². The Morgan fingerprint density at radius 2 is 1.68 bits per heavy atom. The van der Waals surface area contributed by atoms with E-state index in [-0.39, 0.29) is 23.0 Å². The third-order valence-electron chi connectivity index (χ3n) is 8.00. The van der Waals surface area contributed by atoms with Crippen molar-refractivity contribution in [3.63, 3.8) is 0 Å². The minimum atomic E-state index is -4.77. The highest BCUT2D eigenvalue weighted by Crippen LogP contribution is 2.26. The SMILES string of the molecule is Cc1ccc(C(=O)NCCOCCN2CCN(C(=O)c3cccc(-c4cc(Nc5ccc(OC(F)(F)F)cc5)ncn4)c3)CC2)cc1B(O)O. The van der Waals surface area contributed by atoms with Crippen LogP contribution >= 0.6 is 0 Å². The highest BCUT2D eigenvalue weighted by molar-refractivity contribution is 6.59. The van der Waals surface area contributed by atoms with Gasteiger partial charge in [0, 0.05) is 67.7 Å². The molecule has 1 fully saturated rings. The first-order valence-electron chi connectivity index (χ1n) is 15.8. The number of rotatable bonds is 13. The van der Waals surface area contributed by atoms with E-state index in [1.165, 1.54) is 36.7 Å². The predicted molar refractivity (Wildman–Crippen MR) is 180 cm³/mol. The normalized spacial score (nSPS) is 13.5. The Bertz CT molecular complexity index is 1770. The molecule has 5 rings (SSSR count). The van der Waals surface area contributed by atoms with Crippen molar-refractivity contribution >= 4 is 35.9 Å². The Morgan fingerprint density at radius 3 is 2.40 bits per heavy atom. The molecule has 0 aliphatic carbocycles. The van der Waals surface area contributed by atoms with Crippen molar-refractivity contribution in [2.75, 3.05) is 57.8 Å². The highest BCUT2D eigenvalue weighted by atomic mass is 19.4. The van der Waals surface area contributed by atoms with Crippen LogP contribution in [0.25, 0.3) is 11.3 Å². The van der Waals surface area contributed by atoms with Crippen LogP contribution in [0.3, 0.4) is 0 Å². The molecule has 2 amide bonds. The van der Waals surface area contributed by atoms with E-state index in [0.29, 0.717) is 91.9 Å². The Morgan fingerprint density at radius 1 is 0.920 bits per heavy atom. The molecule has 1 aromatic heterocycles. The van der Waals surface area contributed by atoms with Crippen molar-refractivity contribution in [3.8, 4) is 17.0 Å². The second-order valence-corrected chi connectivity index (χ2v) is 11.5. The molecule has 0 bridgehead atoms. The van der Waals surface area contributed by atoms with Crippen molar-refractivity contribution in [1.29, 1.82) is 0 Å². The van der Waals surface area contributed by atoms with Crippen LogP contribution in [0.5, 0.6) is 5.75 Å². The van der Waals surface area contributed by atoms with E-state index in [4.69, 9.17) is 4.74 Å². The third-order valence-corrected chi connectivity index (χ3v) is 8.00. The van der Waals surface area contributed by atoms with Gasteiger partial charge in [-0.3, -0.25) is 14.5 Å². The lowest BCUT2D eigenvalue weighted by Crippen LogP contribution is -2.49. The maximum atomic E-state index is 13.4. The monoisotopic (exact) mass is 692 g/mol. The van der Waals surface area contributed by atoms with Crippen molar-refractivity contribution in [1.82, 2.24) is 25.1 Å². The van der Waals surface area contributed by atoms with Crippen LogP contribution in [0.2, 0.25) is 0 Å². The lowest BCUT2D eigenvalue weighted by Gasteiger charge is -2.34. The fraction of sp³-hybridized carbons (Fsp3) is 0.294. The number of ether oxygens (including phenoxy) is 2. The predicted octanol–water partition coefficient (Wildman–Crippen LogP) is 2.98. The van der Waals surface area contributed by atoms with Crippen LogP contribution in [-0.4, -0.2) is 108 Å². The van der Waals surface area contributed by atoms with Gasteiger partial charge >= 0.3 is 13.5 Å². The highest BCUT2D eigenvalue weighted by Gasteiger charge is 2.31. The van der Waals surface area contributed by atoms with Gasteiger partial charge in [-0.25, -0.2) is 9.97 Å². The number of alkyl halides is 3. The Labute approximate surface area is 287 Å². The van der Waals surface area contributed by atoms with Crippen molar-refractivity contribution in [2.45, 2.75) is 13.3 Å². The first kappa shape index (κ1) is 36.3. The lowest BCUT2D eigenvalue weighted by atomic mass is 9.76. The summed E-state index contributed by atoms with van der Waals surface area (Å²) in [5, 5.41) is 24.7. The Balaban J connectivity index is 1.04. The number of carbonyl (C=O) groups excluding carboxylic acids is 2. The van der Waals surface area contributed by atoms with E-state index in [1.54, 1.807) is 48.2 Å². The summed E-state index contributed by atoms with van der Waals surface area (Å²) in [4.78, 5) is 38.3. The number of halogens is 3. The van der Waals surface area contributed by atoms with E-state index in [1.807, 2.05) is 6.07 Å². The first-order valence-corrected chi connectivity index (χ1v) is 15.8. The minimum Gasteiger partial charge on any atom is -0.423 e. The molecule has 262 valence electrons. The molecule has 1 aliphatic heterocycles. The molecule has 0 saturated carbocycles. The number of hydrogen-bond donors (Lipinski definition) is 4. The molecule has 12 nitrogen and oxygen atoms in total. The molecule has 16 heteroatoms. The van der Waals surface area contributed by atoms with Gasteiger partial charge in [-0.1, -0.05) is 23.8 Å². The van der Waals surface area contributed by atoms with E-state index >= 15 is 0 Å². The molecular formula is C34H36BF3N6O6. The third kappa shape index (κ3) is 10.2. The molecule has 4 aromatic rings. The fourth-order valence-corrected chi connectivity index (χ4v) is 5.33. The van der Waals surface area contributed by atoms with Crippen LogP contribution in [0.1, 0.15) is 26.3 Å². The average Bonchev–Trinajstić information content (AvgIpc) is 3.10. The quantitative estimate of drug-likeness (QED) is 0.122. The van der Waals surface area contributed by atoms with Gasteiger partial charge in [-0.05, 0) is 60.9 Å². The van der Waals surface area contributed by atoms with Gasteiger partial charge in [0.1, 0.15) is 17.9 Å². The first-order chi connectivity index (χ1) is 23.9. The second-order valence-electron chi connectivity index (χ2n) is 11.5. The van der Waals surface area contributed by atoms with Crippen LogP contribution in [0, 0.1) is 6.92 Å². The number of anilines is 2. The molecule has 1 aliphatic rings. The smallest absolute Gasteiger partial charge is 0.423 e. The summed E-state index contributed by atoms with van der Waals surface area (Å²) in [5.41, 5.74) is 3.58. The number of aromatic nitrogens is 2. The average molecular weight is 693 g/mol. The van der Waals surface area contributed by atoms with Gasteiger partial charge in [-0.2, -0.15) is 0 Å². The van der Waals surface area contributed by atoms with E-state index < -0.39 is 13.5 Å². The zero-order valence-electron chi connectivity index (χ0n) is 27.2. The van der Waals surface area contributed by atoms with Crippen molar-refractivity contribution in [2.24, 2.45) is 0 Å². The van der Waals surface area contributed by atoms with Crippen molar-refractivity contribution < 1.29 is 42.3 Å². The van der Waals surface area contributed by atoms with Crippen LogP contribution in [0.4, 0.5) is 24.7 Å². The summed E-state index contributed by atoms with van der Waals surface area (Å²) in [7, 11) is -1.65. The van der Waals surface area contributed by atoms with E-state index in [0.717, 1.165) is 0 Å². The molecule has 50 heavy (non-hydrogen) atoms. The summed E-state index contributed by atoms with van der Waals surface area (Å²) in [6, 6.07) is 18.8. The summed E-state index contributed by atoms with van der Waals surface area (Å²) >= 11 is 0. The zero-order valence-corrected chi connectivity index (χ0v) is 27.2. The Hall–Kier alpha value is -5.03. The molecule has 0 unspecified atom stereocenters. The van der Waals surface area contributed by atoms with Gasteiger partial charge in [0.15, 0.2) is 0 Å². The molecule has 0 spiro atoms. The number of aryl methyl sites for hydroxylation is 1. The fourth-order valence-electron chi connectivity index (χ4n) is 5.33. The van der Waals surface area contributed by atoms with Gasteiger partial charge in [0.05, 0.1) is 18.9 Å². The van der Waals surface area contributed by atoms with E-state index in [9.17, 15) is 32.8 Å².